The highest BCUT2D eigenvalue weighted by Gasteiger charge is 2.16. The first-order valence-corrected chi connectivity index (χ1v) is 6.10. The van der Waals surface area contributed by atoms with Gasteiger partial charge in [0.1, 0.15) is 0 Å². The van der Waals surface area contributed by atoms with Gasteiger partial charge in [-0.05, 0) is 19.8 Å². The number of hydrogen-bond acceptors (Lipinski definition) is 4. The molecule has 1 fully saturated rings. The van der Waals surface area contributed by atoms with Gasteiger partial charge in [0.25, 0.3) is 0 Å². The molecule has 2 rings (SSSR count). The SMILES string of the molecule is CCn1cc(C(=O)OCCC2CCCO2)cn1. The average molecular weight is 238 g/mol. The molecule has 2 heterocycles. The lowest BCUT2D eigenvalue weighted by Crippen LogP contribution is -2.12. The van der Waals surface area contributed by atoms with E-state index in [2.05, 4.69) is 5.10 Å². The number of carbonyl (C=O) groups excluding carboxylic acids is 1. The molecule has 0 spiro atoms. The molecule has 1 atom stereocenters. The number of esters is 1. The maximum absolute atomic E-state index is 11.6. The van der Waals surface area contributed by atoms with Crippen molar-refractivity contribution in [3.63, 3.8) is 0 Å². The number of hydrogen-bond donors (Lipinski definition) is 0. The first-order chi connectivity index (χ1) is 8.29. The van der Waals surface area contributed by atoms with Gasteiger partial charge in [0.2, 0.25) is 0 Å². The number of aromatic nitrogens is 2. The van der Waals surface area contributed by atoms with Crippen LogP contribution in [0.25, 0.3) is 0 Å². The highest BCUT2D eigenvalue weighted by atomic mass is 16.5. The largest absolute Gasteiger partial charge is 0.462 e. The van der Waals surface area contributed by atoms with E-state index in [4.69, 9.17) is 9.47 Å². The molecule has 0 amide bonds. The summed E-state index contributed by atoms with van der Waals surface area (Å²) in [7, 11) is 0. The van der Waals surface area contributed by atoms with Gasteiger partial charge in [0, 0.05) is 25.8 Å². The van der Waals surface area contributed by atoms with E-state index in [1.807, 2.05) is 6.92 Å². The van der Waals surface area contributed by atoms with Crippen LogP contribution in [0.3, 0.4) is 0 Å². The lowest BCUT2D eigenvalue weighted by molar-refractivity contribution is 0.0386. The zero-order valence-corrected chi connectivity index (χ0v) is 10.1. The third-order valence-corrected chi connectivity index (χ3v) is 2.89. The summed E-state index contributed by atoms with van der Waals surface area (Å²) in [6, 6.07) is 0. The van der Waals surface area contributed by atoms with Crippen molar-refractivity contribution in [3.05, 3.63) is 18.0 Å². The minimum atomic E-state index is -0.303. The Labute approximate surface area is 101 Å². The number of nitrogens with zero attached hydrogens (tertiary/aromatic N) is 2. The Morgan fingerprint density at radius 1 is 1.71 bits per heavy atom. The van der Waals surface area contributed by atoms with Crippen molar-refractivity contribution in [2.75, 3.05) is 13.2 Å². The second-order valence-electron chi connectivity index (χ2n) is 4.14. The predicted molar refractivity (Wildman–Crippen MR) is 61.8 cm³/mol. The van der Waals surface area contributed by atoms with E-state index in [1.54, 1.807) is 10.9 Å². The van der Waals surface area contributed by atoms with Crippen LogP contribution in [-0.4, -0.2) is 35.1 Å². The Kier molecular flexibility index (Phi) is 4.14. The van der Waals surface area contributed by atoms with Crippen molar-refractivity contribution in [2.24, 2.45) is 0 Å². The lowest BCUT2D eigenvalue weighted by Gasteiger charge is -2.08. The van der Waals surface area contributed by atoms with Crippen molar-refractivity contribution < 1.29 is 14.3 Å². The summed E-state index contributed by atoms with van der Waals surface area (Å²) < 4.78 is 12.3. The molecule has 1 saturated heterocycles. The maximum Gasteiger partial charge on any atom is 0.341 e. The molecule has 1 unspecified atom stereocenters. The topological polar surface area (TPSA) is 53.4 Å². The van der Waals surface area contributed by atoms with Gasteiger partial charge >= 0.3 is 5.97 Å². The third-order valence-electron chi connectivity index (χ3n) is 2.89. The zero-order valence-electron chi connectivity index (χ0n) is 10.1. The molecular weight excluding hydrogens is 220 g/mol. The highest BCUT2D eigenvalue weighted by Crippen LogP contribution is 2.15. The van der Waals surface area contributed by atoms with Crippen molar-refractivity contribution in [2.45, 2.75) is 38.8 Å². The van der Waals surface area contributed by atoms with Crippen LogP contribution in [0.1, 0.15) is 36.5 Å². The Morgan fingerprint density at radius 3 is 3.24 bits per heavy atom. The van der Waals surface area contributed by atoms with Gasteiger partial charge in [-0.25, -0.2) is 4.79 Å². The molecular formula is C12H18N2O3. The number of ether oxygens (including phenoxy) is 2. The first kappa shape index (κ1) is 12.1. The Balaban J connectivity index is 1.72. The Hall–Kier alpha value is -1.36. The highest BCUT2D eigenvalue weighted by molar-refractivity contribution is 5.88. The molecule has 1 aromatic rings. The van der Waals surface area contributed by atoms with Gasteiger partial charge in [-0.2, -0.15) is 5.10 Å². The lowest BCUT2D eigenvalue weighted by atomic mass is 10.2. The Morgan fingerprint density at radius 2 is 2.59 bits per heavy atom. The average Bonchev–Trinajstić information content (AvgIpc) is 2.99. The van der Waals surface area contributed by atoms with Crippen LogP contribution in [0, 0.1) is 0 Å². The molecule has 0 saturated carbocycles. The Bertz CT molecular complexity index is 370. The van der Waals surface area contributed by atoms with Gasteiger partial charge < -0.3 is 9.47 Å². The van der Waals surface area contributed by atoms with E-state index < -0.39 is 0 Å². The van der Waals surface area contributed by atoms with Crippen molar-refractivity contribution in [1.29, 1.82) is 0 Å². The van der Waals surface area contributed by atoms with E-state index in [-0.39, 0.29) is 12.1 Å². The van der Waals surface area contributed by atoms with Crippen LogP contribution >= 0.6 is 0 Å². The quantitative estimate of drug-likeness (QED) is 0.732. The second-order valence-corrected chi connectivity index (χ2v) is 4.14. The summed E-state index contributed by atoms with van der Waals surface area (Å²) in [6.07, 6.45) is 6.48. The third kappa shape index (κ3) is 3.30. The molecule has 0 radical (unpaired) electrons. The fourth-order valence-corrected chi connectivity index (χ4v) is 1.88. The van der Waals surface area contributed by atoms with Crippen molar-refractivity contribution in [1.82, 2.24) is 9.78 Å². The molecule has 17 heavy (non-hydrogen) atoms. The summed E-state index contributed by atoms with van der Waals surface area (Å²) >= 11 is 0. The van der Waals surface area contributed by atoms with Crippen LogP contribution in [0.15, 0.2) is 12.4 Å². The monoisotopic (exact) mass is 238 g/mol. The fraction of sp³-hybridized carbons (Fsp3) is 0.667. The van der Waals surface area contributed by atoms with Gasteiger partial charge in [0.05, 0.1) is 24.5 Å². The van der Waals surface area contributed by atoms with Crippen molar-refractivity contribution >= 4 is 5.97 Å². The van der Waals surface area contributed by atoms with E-state index in [1.165, 1.54) is 6.20 Å². The van der Waals surface area contributed by atoms with Crippen LogP contribution in [0.5, 0.6) is 0 Å². The number of aryl methyl sites for hydroxylation is 1. The summed E-state index contributed by atoms with van der Waals surface area (Å²) in [5.41, 5.74) is 0.513. The summed E-state index contributed by atoms with van der Waals surface area (Å²) in [5.74, 6) is -0.303. The van der Waals surface area contributed by atoms with Crippen LogP contribution in [0.2, 0.25) is 0 Å². The summed E-state index contributed by atoms with van der Waals surface area (Å²) in [4.78, 5) is 11.6. The number of carbonyl (C=O) groups is 1. The van der Waals surface area contributed by atoms with E-state index in [9.17, 15) is 4.79 Å². The normalized spacial score (nSPS) is 19.5. The standard InChI is InChI=1S/C12H18N2O3/c1-2-14-9-10(8-13-14)12(15)17-7-5-11-4-3-6-16-11/h8-9,11H,2-7H2,1H3. The molecule has 0 aliphatic carbocycles. The van der Waals surface area contributed by atoms with Crippen molar-refractivity contribution in [3.8, 4) is 0 Å². The van der Waals surface area contributed by atoms with E-state index in [0.717, 1.165) is 32.4 Å². The molecule has 5 heteroatoms. The molecule has 1 aromatic heterocycles. The van der Waals surface area contributed by atoms with Gasteiger partial charge in [-0.1, -0.05) is 0 Å². The fourth-order valence-electron chi connectivity index (χ4n) is 1.88. The minimum absolute atomic E-state index is 0.265. The van der Waals surface area contributed by atoms with Crippen LogP contribution in [-0.2, 0) is 16.0 Å². The number of rotatable bonds is 5. The van der Waals surface area contributed by atoms with E-state index in [0.29, 0.717) is 12.2 Å². The molecule has 5 nitrogen and oxygen atoms in total. The molecule has 1 aliphatic heterocycles. The first-order valence-electron chi connectivity index (χ1n) is 6.10. The molecule has 94 valence electrons. The maximum atomic E-state index is 11.6. The molecule has 1 aliphatic rings. The second kappa shape index (κ2) is 5.82. The minimum Gasteiger partial charge on any atom is -0.462 e. The van der Waals surface area contributed by atoms with Gasteiger partial charge in [-0.3, -0.25) is 4.68 Å². The van der Waals surface area contributed by atoms with E-state index >= 15 is 0 Å². The molecule has 0 N–H and O–H groups in total. The smallest absolute Gasteiger partial charge is 0.341 e. The zero-order chi connectivity index (χ0) is 12.1. The predicted octanol–water partition coefficient (Wildman–Crippen LogP) is 1.63. The van der Waals surface area contributed by atoms with Gasteiger partial charge in [0.15, 0.2) is 0 Å². The summed E-state index contributed by atoms with van der Waals surface area (Å²) in [5, 5.41) is 4.03. The summed E-state index contributed by atoms with van der Waals surface area (Å²) in [6.45, 7) is 3.98. The van der Waals surface area contributed by atoms with Crippen LogP contribution < -0.4 is 0 Å². The molecule has 0 bridgehead atoms. The van der Waals surface area contributed by atoms with Crippen LogP contribution in [0.4, 0.5) is 0 Å². The van der Waals surface area contributed by atoms with Gasteiger partial charge in [-0.15, -0.1) is 0 Å². The molecule has 0 aromatic carbocycles.